The highest BCUT2D eigenvalue weighted by Crippen LogP contribution is 2.21. The molecular formula is C12H19NO. The van der Waals surface area contributed by atoms with Crippen molar-refractivity contribution in [2.24, 2.45) is 0 Å². The van der Waals surface area contributed by atoms with E-state index in [0.717, 1.165) is 19.4 Å². The molecule has 1 aliphatic heterocycles. The van der Waals surface area contributed by atoms with Crippen LogP contribution in [0.5, 0.6) is 0 Å². The van der Waals surface area contributed by atoms with Gasteiger partial charge in [-0.25, -0.2) is 0 Å². The molecule has 0 bridgehead atoms. The van der Waals surface area contributed by atoms with Gasteiger partial charge in [0.15, 0.2) is 0 Å². The second-order valence-corrected chi connectivity index (χ2v) is 3.58. The fourth-order valence-corrected chi connectivity index (χ4v) is 1.51. The molecule has 0 radical (unpaired) electrons. The number of hydrogen-bond donors (Lipinski definition) is 1. The van der Waals surface area contributed by atoms with Crippen LogP contribution in [0.4, 0.5) is 0 Å². The number of aliphatic hydroxyl groups excluding tert-OH is 1. The lowest BCUT2D eigenvalue weighted by Gasteiger charge is -2.10. The predicted molar refractivity (Wildman–Crippen MR) is 59.9 cm³/mol. The summed E-state index contributed by atoms with van der Waals surface area (Å²) in [7, 11) is 2.12. The van der Waals surface area contributed by atoms with E-state index in [-0.39, 0.29) is 6.61 Å². The number of nitrogens with zero attached hydrogens (tertiary/aromatic N) is 1. The minimum absolute atomic E-state index is 0.231. The first-order chi connectivity index (χ1) is 6.75. The predicted octanol–water partition coefficient (Wildman–Crippen LogP) is 2.09. The van der Waals surface area contributed by atoms with Crippen molar-refractivity contribution >= 4 is 0 Å². The van der Waals surface area contributed by atoms with E-state index in [0.29, 0.717) is 0 Å². The van der Waals surface area contributed by atoms with Crippen LogP contribution in [0.1, 0.15) is 19.8 Å². The third-order valence-electron chi connectivity index (χ3n) is 2.59. The minimum atomic E-state index is 0.231. The molecule has 14 heavy (non-hydrogen) atoms. The van der Waals surface area contributed by atoms with E-state index in [9.17, 15) is 0 Å². The van der Waals surface area contributed by atoms with Crippen molar-refractivity contribution in [3.05, 3.63) is 35.6 Å². The largest absolute Gasteiger partial charge is 0.396 e. The van der Waals surface area contributed by atoms with Crippen LogP contribution in [0.2, 0.25) is 0 Å². The van der Waals surface area contributed by atoms with Crippen LogP contribution in [0.25, 0.3) is 0 Å². The third kappa shape index (κ3) is 3.04. The maximum atomic E-state index is 8.56. The van der Waals surface area contributed by atoms with E-state index in [2.05, 4.69) is 24.9 Å². The number of hydrogen-bond acceptors (Lipinski definition) is 2. The Morgan fingerprint density at radius 3 is 2.79 bits per heavy atom. The molecule has 78 valence electrons. The molecule has 0 saturated carbocycles. The summed E-state index contributed by atoms with van der Waals surface area (Å²) in [6, 6.07) is 0. The van der Waals surface area contributed by atoms with Crippen molar-refractivity contribution in [3.63, 3.8) is 0 Å². The van der Waals surface area contributed by atoms with E-state index < -0.39 is 0 Å². The Morgan fingerprint density at radius 2 is 2.21 bits per heavy atom. The van der Waals surface area contributed by atoms with Crippen LogP contribution in [-0.4, -0.2) is 30.2 Å². The molecule has 0 aromatic heterocycles. The lowest BCUT2D eigenvalue weighted by atomic mass is 10.2. The third-order valence-corrected chi connectivity index (χ3v) is 2.59. The smallest absolute Gasteiger partial charge is 0.0465 e. The van der Waals surface area contributed by atoms with Gasteiger partial charge in [-0.15, -0.1) is 0 Å². The first kappa shape index (κ1) is 11.1. The number of aliphatic hydroxyl groups is 1. The van der Waals surface area contributed by atoms with E-state index >= 15 is 0 Å². The van der Waals surface area contributed by atoms with Crippen LogP contribution in [0.15, 0.2) is 35.6 Å². The molecule has 0 atom stereocenters. The zero-order valence-electron chi connectivity index (χ0n) is 9.03. The van der Waals surface area contributed by atoms with Gasteiger partial charge in [0.05, 0.1) is 0 Å². The molecule has 0 aromatic carbocycles. The maximum absolute atomic E-state index is 8.56. The topological polar surface area (TPSA) is 23.5 Å². The Balaban J connectivity index is 2.44. The van der Waals surface area contributed by atoms with E-state index in [4.69, 9.17) is 5.11 Å². The molecule has 0 aliphatic carbocycles. The lowest BCUT2D eigenvalue weighted by molar-refractivity contribution is 0.302. The fraction of sp³-hybridized carbons (Fsp3) is 0.500. The monoisotopic (exact) mass is 193 g/mol. The second kappa shape index (κ2) is 5.66. The summed E-state index contributed by atoms with van der Waals surface area (Å²) >= 11 is 0. The van der Waals surface area contributed by atoms with E-state index in [1.807, 2.05) is 18.2 Å². The van der Waals surface area contributed by atoms with E-state index in [1.54, 1.807) is 0 Å². The van der Waals surface area contributed by atoms with Gasteiger partial charge in [-0.05, 0) is 25.3 Å². The zero-order valence-corrected chi connectivity index (χ0v) is 9.03. The first-order valence-electron chi connectivity index (χ1n) is 5.10. The van der Waals surface area contributed by atoms with Crippen LogP contribution in [0.3, 0.4) is 0 Å². The molecule has 0 aromatic rings. The van der Waals surface area contributed by atoms with Gasteiger partial charge in [0.1, 0.15) is 0 Å². The van der Waals surface area contributed by atoms with Crippen molar-refractivity contribution in [1.29, 1.82) is 0 Å². The van der Waals surface area contributed by atoms with Gasteiger partial charge >= 0.3 is 0 Å². The van der Waals surface area contributed by atoms with Crippen molar-refractivity contribution in [2.75, 3.05) is 20.2 Å². The van der Waals surface area contributed by atoms with Crippen LogP contribution < -0.4 is 0 Å². The fourth-order valence-electron chi connectivity index (χ4n) is 1.51. The van der Waals surface area contributed by atoms with Gasteiger partial charge in [-0.3, -0.25) is 0 Å². The van der Waals surface area contributed by atoms with Crippen molar-refractivity contribution in [1.82, 2.24) is 4.90 Å². The van der Waals surface area contributed by atoms with E-state index in [1.165, 1.54) is 11.3 Å². The molecule has 0 saturated heterocycles. The van der Waals surface area contributed by atoms with Crippen molar-refractivity contribution < 1.29 is 5.11 Å². The van der Waals surface area contributed by atoms with Gasteiger partial charge in [-0.2, -0.15) is 0 Å². The second-order valence-electron chi connectivity index (χ2n) is 3.58. The summed E-state index contributed by atoms with van der Waals surface area (Å²) < 4.78 is 0. The van der Waals surface area contributed by atoms with Crippen LogP contribution in [-0.2, 0) is 0 Å². The van der Waals surface area contributed by atoms with Gasteiger partial charge in [0.2, 0.25) is 0 Å². The molecule has 0 spiro atoms. The summed E-state index contributed by atoms with van der Waals surface area (Å²) in [5, 5.41) is 8.56. The molecule has 1 heterocycles. The Bertz CT molecular complexity index is 263. The van der Waals surface area contributed by atoms with Gasteiger partial charge in [-0.1, -0.05) is 24.3 Å². The molecule has 0 amide bonds. The Kier molecular flexibility index (Phi) is 4.47. The molecule has 1 rings (SSSR count). The number of rotatable bonds is 4. The summed E-state index contributed by atoms with van der Waals surface area (Å²) in [6.45, 7) is 3.52. The quantitative estimate of drug-likeness (QED) is 0.691. The van der Waals surface area contributed by atoms with Crippen LogP contribution >= 0.6 is 0 Å². The summed E-state index contributed by atoms with van der Waals surface area (Å²) in [5.74, 6) is 0. The molecule has 0 unspecified atom stereocenters. The first-order valence-corrected chi connectivity index (χ1v) is 5.10. The molecular weight excluding hydrogens is 174 g/mol. The van der Waals surface area contributed by atoms with Crippen molar-refractivity contribution in [3.8, 4) is 0 Å². The highest BCUT2D eigenvalue weighted by molar-refractivity contribution is 5.29. The summed E-state index contributed by atoms with van der Waals surface area (Å²) in [6.07, 6.45) is 10.1. The average molecular weight is 193 g/mol. The van der Waals surface area contributed by atoms with Crippen LogP contribution in [0, 0.1) is 0 Å². The molecule has 2 heteroatoms. The highest BCUT2D eigenvalue weighted by atomic mass is 16.2. The standard InChI is InChI=1S/C12H19NO/c1-11-12(8-9-13(11)2)7-5-3-4-6-10-14/h3-5,7,14H,6,8-10H2,1-2H3/b4-3-,7-5-. The van der Waals surface area contributed by atoms with Crippen molar-refractivity contribution in [2.45, 2.75) is 19.8 Å². The average Bonchev–Trinajstić information content (AvgIpc) is 2.49. The summed E-state index contributed by atoms with van der Waals surface area (Å²) in [4.78, 5) is 2.27. The Labute approximate surface area is 86.2 Å². The van der Waals surface area contributed by atoms with Gasteiger partial charge in [0, 0.05) is 25.9 Å². The minimum Gasteiger partial charge on any atom is -0.396 e. The molecule has 1 N–H and O–H groups in total. The zero-order chi connectivity index (χ0) is 10.4. The highest BCUT2D eigenvalue weighted by Gasteiger charge is 2.11. The Hall–Kier alpha value is -1.02. The van der Waals surface area contributed by atoms with Gasteiger partial charge in [0.25, 0.3) is 0 Å². The SMILES string of the molecule is CC1=C(/C=C\C=C/CCO)CCN1C. The maximum Gasteiger partial charge on any atom is 0.0465 e. The number of allylic oxidation sites excluding steroid dienone is 4. The molecule has 0 fully saturated rings. The van der Waals surface area contributed by atoms with Gasteiger partial charge < -0.3 is 10.0 Å². The lowest BCUT2D eigenvalue weighted by Crippen LogP contribution is -2.10. The summed E-state index contributed by atoms with van der Waals surface area (Å²) in [5.41, 5.74) is 2.79. The normalized spacial score (nSPS) is 18.1. The molecule has 1 aliphatic rings. The Morgan fingerprint density at radius 1 is 1.43 bits per heavy atom. The molecule has 2 nitrogen and oxygen atoms in total.